The molecule has 3 aromatic carbocycles. The molecule has 0 aromatic heterocycles. The average molecular weight is 474 g/mol. The molecule has 8 nitrogen and oxygen atoms in total. The van der Waals surface area contributed by atoms with Crippen molar-refractivity contribution in [3.05, 3.63) is 83.9 Å². The zero-order valence-corrected chi connectivity index (χ0v) is 19.6. The molecular formula is C27H27N3O5. The normalized spacial score (nSPS) is 15.0. The van der Waals surface area contributed by atoms with Crippen LogP contribution in [-0.2, 0) is 16.1 Å². The predicted octanol–water partition coefficient (Wildman–Crippen LogP) is 3.63. The highest BCUT2D eigenvalue weighted by Gasteiger charge is 2.35. The molecule has 0 bridgehead atoms. The van der Waals surface area contributed by atoms with E-state index >= 15 is 0 Å². The van der Waals surface area contributed by atoms with Crippen LogP contribution < -0.4 is 25.0 Å². The van der Waals surface area contributed by atoms with E-state index in [1.54, 1.807) is 67.7 Å². The number of anilines is 2. The van der Waals surface area contributed by atoms with Gasteiger partial charge in [-0.05, 0) is 54.1 Å². The average Bonchev–Trinajstić information content (AvgIpc) is 3.29. The number of hydrogen-bond acceptors (Lipinski definition) is 5. The third-order valence-corrected chi connectivity index (χ3v) is 5.92. The molecule has 35 heavy (non-hydrogen) atoms. The maximum Gasteiger partial charge on any atom is 0.253 e. The lowest BCUT2D eigenvalue weighted by atomic mass is 10.1. The number of carbonyl (C=O) groups excluding carboxylic acids is 3. The van der Waals surface area contributed by atoms with Gasteiger partial charge in [0, 0.05) is 25.2 Å². The monoisotopic (exact) mass is 473 g/mol. The smallest absolute Gasteiger partial charge is 0.253 e. The van der Waals surface area contributed by atoms with Crippen LogP contribution in [-0.4, -0.2) is 38.5 Å². The summed E-state index contributed by atoms with van der Waals surface area (Å²) < 4.78 is 10.3. The molecule has 0 aliphatic carbocycles. The van der Waals surface area contributed by atoms with Crippen LogP contribution in [0.2, 0.25) is 0 Å². The molecule has 1 unspecified atom stereocenters. The first-order valence-corrected chi connectivity index (χ1v) is 11.2. The summed E-state index contributed by atoms with van der Waals surface area (Å²) in [5.41, 5.74) is 2.39. The molecular weight excluding hydrogens is 446 g/mol. The van der Waals surface area contributed by atoms with E-state index in [0.717, 1.165) is 11.3 Å². The minimum Gasteiger partial charge on any atom is -0.497 e. The molecule has 1 heterocycles. The second kappa shape index (κ2) is 10.7. The van der Waals surface area contributed by atoms with Crippen LogP contribution in [0, 0.1) is 5.92 Å². The van der Waals surface area contributed by atoms with Gasteiger partial charge in [-0.2, -0.15) is 0 Å². The lowest BCUT2D eigenvalue weighted by Crippen LogP contribution is -2.29. The molecule has 4 rings (SSSR count). The number of benzene rings is 3. The summed E-state index contributed by atoms with van der Waals surface area (Å²) in [6.45, 7) is 0.599. The van der Waals surface area contributed by atoms with Gasteiger partial charge in [0.05, 0.1) is 31.4 Å². The maximum absolute atomic E-state index is 13.0. The van der Waals surface area contributed by atoms with Crippen molar-refractivity contribution in [1.82, 2.24) is 5.32 Å². The number of ether oxygens (including phenoxy) is 2. The first kappa shape index (κ1) is 23.8. The van der Waals surface area contributed by atoms with Crippen LogP contribution in [0.4, 0.5) is 11.4 Å². The van der Waals surface area contributed by atoms with Crippen LogP contribution in [0.25, 0.3) is 0 Å². The van der Waals surface area contributed by atoms with Gasteiger partial charge in [0.15, 0.2) is 0 Å². The van der Waals surface area contributed by atoms with Gasteiger partial charge in [-0.3, -0.25) is 14.4 Å². The summed E-state index contributed by atoms with van der Waals surface area (Å²) in [5.74, 6) is 0.172. The van der Waals surface area contributed by atoms with Gasteiger partial charge in [0.2, 0.25) is 11.8 Å². The van der Waals surface area contributed by atoms with Crippen LogP contribution in [0.1, 0.15) is 22.3 Å². The number of para-hydroxylation sites is 1. The highest BCUT2D eigenvalue weighted by Crippen LogP contribution is 2.28. The predicted molar refractivity (Wildman–Crippen MR) is 133 cm³/mol. The number of hydrogen-bond donors (Lipinski definition) is 2. The van der Waals surface area contributed by atoms with Crippen molar-refractivity contribution in [3.63, 3.8) is 0 Å². The Hall–Kier alpha value is -4.33. The number of rotatable bonds is 8. The summed E-state index contributed by atoms with van der Waals surface area (Å²) in [4.78, 5) is 40.0. The van der Waals surface area contributed by atoms with Crippen LogP contribution in [0.15, 0.2) is 72.8 Å². The number of methoxy groups -OCH3 is 2. The molecule has 2 N–H and O–H groups in total. The van der Waals surface area contributed by atoms with E-state index in [9.17, 15) is 14.4 Å². The standard InChI is InChI=1S/C27H27N3O5/c1-34-21-11-7-18(8-12-21)16-28-27(33)23-5-3-4-6-24(23)29-26(32)19-15-25(31)30(17-19)20-9-13-22(35-2)14-10-20/h3-14,19H,15-17H2,1-2H3,(H,28,33)(H,29,32). The van der Waals surface area contributed by atoms with E-state index in [-0.39, 0.29) is 30.7 Å². The van der Waals surface area contributed by atoms with Crippen molar-refractivity contribution in [1.29, 1.82) is 0 Å². The van der Waals surface area contributed by atoms with Gasteiger partial charge >= 0.3 is 0 Å². The number of nitrogens with zero attached hydrogens (tertiary/aromatic N) is 1. The highest BCUT2D eigenvalue weighted by molar-refractivity contribution is 6.07. The molecule has 1 atom stereocenters. The Balaban J connectivity index is 1.39. The second-order valence-electron chi connectivity index (χ2n) is 8.17. The van der Waals surface area contributed by atoms with E-state index < -0.39 is 5.92 Å². The zero-order valence-electron chi connectivity index (χ0n) is 19.6. The van der Waals surface area contributed by atoms with Crippen molar-refractivity contribution in [3.8, 4) is 11.5 Å². The van der Waals surface area contributed by atoms with E-state index in [1.165, 1.54) is 0 Å². The van der Waals surface area contributed by atoms with Crippen LogP contribution >= 0.6 is 0 Å². The number of nitrogens with one attached hydrogen (secondary N) is 2. The maximum atomic E-state index is 13.0. The Morgan fingerprint density at radius 2 is 1.54 bits per heavy atom. The molecule has 3 amide bonds. The van der Waals surface area contributed by atoms with Crippen LogP contribution in [0.3, 0.4) is 0 Å². The molecule has 1 fully saturated rings. The summed E-state index contributed by atoms with van der Waals surface area (Å²) in [7, 11) is 3.17. The van der Waals surface area contributed by atoms with E-state index in [4.69, 9.17) is 9.47 Å². The zero-order chi connectivity index (χ0) is 24.8. The third-order valence-electron chi connectivity index (χ3n) is 5.92. The van der Waals surface area contributed by atoms with Gasteiger partial charge in [0.25, 0.3) is 5.91 Å². The van der Waals surface area contributed by atoms with Crippen molar-refractivity contribution in [2.75, 3.05) is 31.0 Å². The molecule has 8 heteroatoms. The fraction of sp³-hybridized carbons (Fsp3) is 0.222. The minimum atomic E-state index is -0.528. The lowest BCUT2D eigenvalue weighted by molar-refractivity contribution is -0.122. The Kier molecular flexibility index (Phi) is 7.30. The molecule has 3 aromatic rings. The summed E-state index contributed by atoms with van der Waals surface area (Å²) in [6.07, 6.45) is 0.101. The lowest BCUT2D eigenvalue weighted by Gasteiger charge is -2.17. The van der Waals surface area contributed by atoms with Crippen molar-refractivity contribution in [2.45, 2.75) is 13.0 Å². The van der Waals surface area contributed by atoms with E-state index in [1.807, 2.05) is 24.3 Å². The van der Waals surface area contributed by atoms with E-state index in [2.05, 4.69) is 10.6 Å². The molecule has 1 aliphatic heterocycles. The van der Waals surface area contributed by atoms with Crippen molar-refractivity contribution in [2.24, 2.45) is 5.92 Å². The molecule has 180 valence electrons. The Morgan fingerprint density at radius 3 is 2.20 bits per heavy atom. The molecule has 0 radical (unpaired) electrons. The Bertz CT molecular complexity index is 1210. The largest absolute Gasteiger partial charge is 0.497 e. The quantitative estimate of drug-likeness (QED) is 0.521. The molecule has 0 saturated carbocycles. The van der Waals surface area contributed by atoms with Crippen molar-refractivity contribution >= 4 is 29.1 Å². The summed E-state index contributed by atoms with van der Waals surface area (Å²) in [5, 5.41) is 5.72. The number of carbonyl (C=O) groups is 3. The first-order chi connectivity index (χ1) is 17.0. The van der Waals surface area contributed by atoms with Gasteiger partial charge < -0.3 is 25.0 Å². The highest BCUT2D eigenvalue weighted by atomic mass is 16.5. The minimum absolute atomic E-state index is 0.101. The second-order valence-corrected chi connectivity index (χ2v) is 8.17. The molecule has 1 aliphatic rings. The third kappa shape index (κ3) is 5.60. The van der Waals surface area contributed by atoms with Crippen LogP contribution in [0.5, 0.6) is 11.5 Å². The van der Waals surface area contributed by atoms with Gasteiger partial charge in [-0.1, -0.05) is 24.3 Å². The molecule has 0 spiro atoms. The van der Waals surface area contributed by atoms with Gasteiger partial charge in [0.1, 0.15) is 11.5 Å². The topological polar surface area (TPSA) is 97.0 Å². The first-order valence-electron chi connectivity index (χ1n) is 11.2. The fourth-order valence-corrected chi connectivity index (χ4v) is 3.94. The SMILES string of the molecule is COc1ccc(CNC(=O)c2ccccc2NC(=O)C2CC(=O)N(c3ccc(OC)cc3)C2)cc1. The summed E-state index contributed by atoms with van der Waals surface area (Å²) in [6, 6.07) is 21.4. The Labute approximate surface area is 203 Å². The summed E-state index contributed by atoms with van der Waals surface area (Å²) >= 11 is 0. The Morgan fingerprint density at radius 1 is 0.914 bits per heavy atom. The van der Waals surface area contributed by atoms with E-state index in [0.29, 0.717) is 29.2 Å². The fourth-order valence-electron chi connectivity index (χ4n) is 3.94. The van der Waals surface area contributed by atoms with Gasteiger partial charge in [-0.25, -0.2) is 0 Å². The van der Waals surface area contributed by atoms with Gasteiger partial charge in [-0.15, -0.1) is 0 Å². The van der Waals surface area contributed by atoms with Crippen molar-refractivity contribution < 1.29 is 23.9 Å². The molecule has 1 saturated heterocycles. The number of amides is 3.